The molecule has 3 heterocycles. The lowest BCUT2D eigenvalue weighted by atomic mass is 9.39. The third-order valence-electron chi connectivity index (χ3n) is 10.1. The minimum atomic E-state index is -1.22. The molecular weight excluding hydrogens is 464 g/mol. The second-order valence-electron chi connectivity index (χ2n) is 11.4. The molecule has 4 aromatic carbocycles. The van der Waals surface area contributed by atoms with Gasteiger partial charge >= 0.3 is 0 Å². The van der Waals surface area contributed by atoms with Crippen LogP contribution >= 0.6 is 0 Å². The summed E-state index contributed by atoms with van der Waals surface area (Å²) >= 11 is 0. The molecule has 1 saturated carbocycles. The molecular formula is C35H30N2O. The summed E-state index contributed by atoms with van der Waals surface area (Å²) in [6, 6.07) is 43.7. The molecule has 186 valence electrons. The van der Waals surface area contributed by atoms with Gasteiger partial charge in [-0.25, -0.2) is 0 Å². The van der Waals surface area contributed by atoms with Crippen molar-refractivity contribution in [1.82, 2.24) is 9.80 Å². The van der Waals surface area contributed by atoms with Crippen molar-refractivity contribution in [1.29, 1.82) is 0 Å². The van der Waals surface area contributed by atoms with Crippen molar-refractivity contribution in [3.63, 3.8) is 0 Å². The van der Waals surface area contributed by atoms with Crippen LogP contribution in [0.4, 0.5) is 0 Å². The molecule has 1 aliphatic carbocycles. The van der Waals surface area contributed by atoms with E-state index in [-0.39, 0.29) is 41.4 Å². The van der Waals surface area contributed by atoms with Crippen molar-refractivity contribution in [2.45, 2.75) is 29.8 Å². The van der Waals surface area contributed by atoms with Gasteiger partial charge in [-0.15, -0.1) is 6.42 Å². The van der Waals surface area contributed by atoms with Gasteiger partial charge in [0.15, 0.2) is 0 Å². The molecule has 4 unspecified atom stereocenters. The number of hydrogen-bond acceptors (Lipinski definition) is 3. The van der Waals surface area contributed by atoms with E-state index < -0.39 is 5.60 Å². The van der Waals surface area contributed by atoms with Crippen LogP contribution < -0.4 is 0 Å². The minimum absolute atomic E-state index is 0.0339. The van der Waals surface area contributed by atoms with E-state index in [1.807, 2.05) is 0 Å². The highest BCUT2D eigenvalue weighted by atomic mass is 16.3. The van der Waals surface area contributed by atoms with E-state index in [4.69, 9.17) is 6.42 Å². The predicted molar refractivity (Wildman–Crippen MR) is 148 cm³/mol. The van der Waals surface area contributed by atoms with Crippen molar-refractivity contribution >= 4 is 0 Å². The van der Waals surface area contributed by atoms with Crippen molar-refractivity contribution in [2.75, 3.05) is 6.67 Å². The molecule has 3 saturated heterocycles. The van der Waals surface area contributed by atoms with E-state index in [0.717, 1.165) is 6.67 Å². The molecule has 3 heteroatoms. The summed E-state index contributed by atoms with van der Waals surface area (Å²) < 4.78 is 0. The molecule has 3 aliphatic heterocycles. The molecule has 0 aromatic heterocycles. The fourth-order valence-electron chi connectivity index (χ4n) is 9.20. The Labute approximate surface area is 224 Å². The van der Waals surface area contributed by atoms with Crippen molar-refractivity contribution in [3.8, 4) is 12.3 Å². The van der Waals surface area contributed by atoms with Crippen LogP contribution in [0.1, 0.15) is 46.4 Å². The molecule has 10 atom stereocenters. The zero-order chi connectivity index (χ0) is 25.5. The van der Waals surface area contributed by atoms with E-state index in [1.165, 1.54) is 22.3 Å². The summed E-state index contributed by atoms with van der Waals surface area (Å²) in [5.41, 5.74) is 3.63. The fraction of sp³-hybridized carbons (Fsp3) is 0.257. The van der Waals surface area contributed by atoms with Crippen LogP contribution in [-0.4, -0.2) is 27.2 Å². The first-order valence-electron chi connectivity index (χ1n) is 13.6. The maximum atomic E-state index is 12.6. The summed E-state index contributed by atoms with van der Waals surface area (Å²) in [5, 5.41) is 12.6. The molecule has 4 aromatic rings. The highest BCUT2D eigenvalue weighted by Gasteiger charge is 2.89. The average molecular weight is 495 g/mol. The first-order valence-corrected chi connectivity index (χ1v) is 13.6. The summed E-state index contributed by atoms with van der Waals surface area (Å²) in [6.07, 6.45) is 6.35. The Bertz CT molecular complexity index is 1410. The Balaban J connectivity index is 1.44. The smallest absolute Gasteiger partial charge is 0.135 e. The number of benzene rings is 4. The van der Waals surface area contributed by atoms with Crippen molar-refractivity contribution < 1.29 is 5.11 Å². The second kappa shape index (κ2) is 7.91. The zero-order valence-electron chi connectivity index (χ0n) is 21.1. The number of rotatable bonds is 4. The van der Waals surface area contributed by atoms with Crippen molar-refractivity contribution in [2.24, 2.45) is 17.3 Å². The summed E-state index contributed by atoms with van der Waals surface area (Å²) in [6.45, 7) is 0.813. The highest BCUT2D eigenvalue weighted by molar-refractivity contribution is 5.51. The topological polar surface area (TPSA) is 26.7 Å². The van der Waals surface area contributed by atoms with Gasteiger partial charge in [0.25, 0.3) is 0 Å². The minimum Gasteiger partial charge on any atom is -0.377 e. The molecule has 1 N–H and O–H groups in total. The standard InChI is InChI=1S/C35H30N2O/c1-2-34(38)30-28(24-15-7-3-8-16-24)36-23-37-29(25-17-9-4-10-18-25)31(34)35(30,32(36)26-19-11-5-12-20-26)33(37)27-21-13-6-14-22-27/h1,3-22,28-33,38H,23H2/t28-,29+,30-,31-,32+,33+,34?,35?/m0/s1. The van der Waals surface area contributed by atoms with Gasteiger partial charge in [0.1, 0.15) is 5.60 Å². The predicted octanol–water partition coefficient (Wildman–Crippen LogP) is 6.15. The van der Waals surface area contributed by atoms with Gasteiger partial charge in [-0.05, 0) is 22.3 Å². The first kappa shape index (κ1) is 22.3. The lowest BCUT2D eigenvalue weighted by molar-refractivity contribution is -0.211. The van der Waals surface area contributed by atoms with Crippen LogP contribution in [0, 0.1) is 29.6 Å². The van der Waals surface area contributed by atoms with Gasteiger partial charge in [0.05, 0.1) is 6.67 Å². The molecule has 0 amide bonds. The number of terminal acetylenes is 1. The second-order valence-corrected chi connectivity index (χ2v) is 11.4. The summed E-state index contributed by atoms with van der Waals surface area (Å²) in [4.78, 5) is 5.31. The Morgan fingerprint density at radius 3 is 1.26 bits per heavy atom. The van der Waals surface area contributed by atoms with Gasteiger partial charge in [-0.2, -0.15) is 0 Å². The van der Waals surface area contributed by atoms with E-state index in [0.29, 0.717) is 0 Å². The largest absolute Gasteiger partial charge is 0.377 e. The summed E-state index contributed by atoms with van der Waals surface area (Å²) in [7, 11) is 0. The fourth-order valence-corrected chi connectivity index (χ4v) is 9.20. The van der Waals surface area contributed by atoms with E-state index >= 15 is 0 Å². The van der Waals surface area contributed by atoms with Crippen LogP contribution in [0.25, 0.3) is 0 Å². The monoisotopic (exact) mass is 494 g/mol. The van der Waals surface area contributed by atoms with Gasteiger partial charge < -0.3 is 5.11 Å². The number of hydrogen-bond donors (Lipinski definition) is 1. The van der Waals surface area contributed by atoms with Gasteiger partial charge in [0, 0.05) is 41.4 Å². The van der Waals surface area contributed by atoms with Crippen LogP contribution in [0.2, 0.25) is 0 Å². The zero-order valence-corrected chi connectivity index (χ0v) is 21.1. The molecule has 0 radical (unpaired) electrons. The molecule has 3 nitrogen and oxygen atoms in total. The summed E-state index contributed by atoms with van der Waals surface area (Å²) in [5.74, 6) is 2.81. The SMILES string of the molecule is C#CC1(O)[C@@H]2[C@@H](c3ccccc3)N3CN4[C@@H](c5ccccc5)[C@@H]1C2([C@H]3c1ccccc1)[C@H]4c1ccccc1. The molecule has 8 rings (SSSR count). The third-order valence-corrected chi connectivity index (χ3v) is 10.1. The molecule has 3 bridgehead atoms. The van der Waals surface area contributed by atoms with Crippen LogP contribution in [-0.2, 0) is 0 Å². The van der Waals surface area contributed by atoms with Crippen LogP contribution in [0.15, 0.2) is 121 Å². The maximum Gasteiger partial charge on any atom is 0.135 e. The average Bonchev–Trinajstić information content (AvgIpc) is 3.30. The molecule has 1 spiro atoms. The Hall–Kier alpha value is -3.68. The highest BCUT2D eigenvalue weighted by Crippen LogP contribution is 2.87. The van der Waals surface area contributed by atoms with E-state index in [1.54, 1.807) is 0 Å². The maximum absolute atomic E-state index is 12.6. The molecule has 4 aliphatic rings. The van der Waals surface area contributed by atoms with Gasteiger partial charge in [-0.1, -0.05) is 127 Å². The van der Waals surface area contributed by atoms with Gasteiger partial charge in [-0.3, -0.25) is 9.80 Å². The van der Waals surface area contributed by atoms with Crippen LogP contribution in [0.3, 0.4) is 0 Å². The van der Waals surface area contributed by atoms with E-state index in [2.05, 4.69) is 137 Å². The van der Waals surface area contributed by atoms with E-state index in [9.17, 15) is 5.11 Å². The Kier molecular flexibility index (Phi) is 4.65. The number of aliphatic hydroxyl groups is 1. The Morgan fingerprint density at radius 1 is 0.579 bits per heavy atom. The normalized spacial score (nSPS) is 39.8. The van der Waals surface area contributed by atoms with Gasteiger partial charge in [0.2, 0.25) is 0 Å². The number of fused-ring (bicyclic) bond motifs is 2. The quantitative estimate of drug-likeness (QED) is 0.345. The lowest BCUT2D eigenvalue weighted by Gasteiger charge is -2.63. The molecule has 4 fully saturated rings. The third kappa shape index (κ3) is 2.56. The lowest BCUT2D eigenvalue weighted by Crippen LogP contribution is -2.69. The van der Waals surface area contributed by atoms with Crippen molar-refractivity contribution in [3.05, 3.63) is 144 Å². The molecule has 38 heavy (non-hydrogen) atoms. The first-order chi connectivity index (χ1) is 18.7. The van der Waals surface area contributed by atoms with Crippen LogP contribution in [0.5, 0.6) is 0 Å². The Morgan fingerprint density at radius 2 is 0.921 bits per heavy atom. The number of nitrogens with zero attached hydrogens (tertiary/aromatic N) is 2.